The lowest BCUT2D eigenvalue weighted by Crippen LogP contribution is -2.22. The Labute approximate surface area is 306 Å². The average Bonchev–Trinajstić information content (AvgIpc) is 3.12. The number of unbranched alkanes of at least 4 members (excludes halogenated alkanes) is 10. The minimum absolute atomic E-state index is 0.169. The summed E-state index contributed by atoms with van der Waals surface area (Å²) in [7, 11) is 0. The van der Waals surface area contributed by atoms with Crippen molar-refractivity contribution in [1.29, 1.82) is 0 Å². The number of carbonyl (C=O) groups excluding carboxylic acids is 2. The van der Waals surface area contributed by atoms with Crippen molar-refractivity contribution in [2.75, 3.05) is 24.7 Å². The number of nitrogens with two attached hydrogens (primary N) is 2. The van der Waals surface area contributed by atoms with Crippen molar-refractivity contribution in [3.05, 3.63) is 95.1 Å². The number of rotatable bonds is 20. The molecular weight excluding hydrogens is 661 g/mol. The van der Waals surface area contributed by atoms with Crippen molar-refractivity contribution in [1.82, 2.24) is 0 Å². The zero-order valence-corrected chi connectivity index (χ0v) is 31.1. The van der Waals surface area contributed by atoms with E-state index in [0.717, 1.165) is 47.0 Å². The third kappa shape index (κ3) is 9.67. The van der Waals surface area contributed by atoms with Crippen molar-refractivity contribution < 1.29 is 19.1 Å². The lowest BCUT2D eigenvalue weighted by molar-refractivity contribution is 0.0974. The number of benzene rings is 4. The van der Waals surface area contributed by atoms with Crippen LogP contribution in [0.25, 0.3) is 0 Å². The third-order valence-electron chi connectivity index (χ3n) is 8.93. The smallest absolute Gasteiger partial charge is 0.196 e. The van der Waals surface area contributed by atoms with Crippen LogP contribution in [0.15, 0.2) is 92.4 Å². The zero-order valence-electron chi connectivity index (χ0n) is 29.4. The van der Waals surface area contributed by atoms with Gasteiger partial charge in [-0.05, 0) is 49.2 Å². The predicted octanol–water partition coefficient (Wildman–Crippen LogP) is 11.4. The Bertz CT molecular complexity index is 1650. The van der Waals surface area contributed by atoms with Crippen molar-refractivity contribution in [3.8, 4) is 11.5 Å². The van der Waals surface area contributed by atoms with E-state index in [-0.39, 0.29) is 11.6 Å². The normalized spacial score (nSPS) is 12.1. The van der Waals surface area contributed by atoms with Crippen LogP contribution in [0, 0.1) is 0 Å². The SMILES string of the molecule is CCCCCCCCOc1ccc(Sc2cccc3c2C(=O)c2c(Sc4ccc(OCCCCCCCC)cc4N)cccc2C3=O)c(N)c1. The predicted molar refractivity (Wildman–Crippen MR) is 207 cm³/mol. The largest absolute Gasteiger partial charge is 0.494 e. The number of hydrogen-bond donors (Lipinski definition) is 2. The maximum absolute atomic E-state index is 14.3. The highest BCUT2D eigenvalue weighted by Gasteiger charge is 2.34. The second-order valence-electron chi connectivity index (χ2n) is 12.9. The Morgan fingerprint density at radius 3 is 1.34 bits per heavy atom. The zero-order chi connectivity index (χ0) is 35.3. The molecule has 0 radical (unpaired) electrons. The molecule has 50 heavy (non-hydrogen) atoms. The van der Waals surface area contributed by atoms with Gasteiger partial charge in [0.1, 0.15) is 11.5 Å². The molecule has 0 aliphatic heterocycles. The Morgan fingerprint density at radius 2 is 0.920 bits per heavy atom. The first kappa shape index (κ1) is 37.4. The van der Waals surface area contributed by atoms with Crippen LogP contribution in [0.2, 0.25) is 0 Å². The molecule has 0 spiro atoms. The highest BCUT2D eigenvalue weighted by molar-refractivity contribution is 8.00. The molecule has 1 aliphatic carbocycles. The molecule has 0 fully saturated rings. The number of hydrogen-bond acceptors (Lipinski definition) is 8. The lowest BCUT2D eigenvalue weighted by atomic mass is 9.84. The highest BCUT2D eigenvalue weighted by Crippen LogP contribution is 2.44. The molecule has 0 amide bonds. The second-order valence-corrected chi connectivity index (χ2v) is 15.0. The van der Waals surface area contributed by atoms with E-state index in [4.69, 9.17) is 20.9 Å². The monoisotopic (exact) mass is 710 g/mol. The molecule has 0 atom stereocenters. The van der Waals surface area contributed by atoms with Crippen LogP contribution in [-0.2, 0) is 0 Å². The van der Waals surface area contributed by atoms with E-state index < -0.39 is 0 Å². The van der Waals surface area contributed by atoms with Gasteiger partial charge in [0.25, 0.3) is 0 Å². The number of fused-ring (bicyclic) bond motifs is 2. The van der Waals surface area contributed by atoms with Gasteiger partial charge in [-0.15, -0.1) is 0 Å². The van der Waals surface area contributed by atoms with Crippen LogP contribution >= 0.6 is 23.5 Å². The van der Waals surface area contributed by atoms with Crippen LogP contribution in [-0.4, -0.2) is 24.8 Å². The van der Waals surface area contributed by atoms with Gasteiger partial charge in [0, 0.05) is 65.3 Å². The topological polar surface area (TPSA) is 105 Å². The van der Waals surface area contributed by atoms with E-state index >= 15 is 0 Å². The molecule has 0 saturated carbocycles. The van der Waals surface area contributed by atoms with Gasteiger partial charge in [0.2, 0.25) is 0 Å². The summed E-state index contributed by atoms with van der Waals surface area (Å²) in [6, 6.07) is 22.2. The Morgan fingerprint density at radius 1 is 0.500 bits per heavy atom. The van der Waals surface area contributed by atoms with E-state index in [0.29, 0.717) is 56.6 Å². The summed E-state index contributed by atoms with van der Waals surface area (Å²) in [5, 5.41) is 0. The van der Waals surface area contributed by atoms with Gasteiger partial charge in [-0.3, -0.25) is 9.59 Å². The first-order valence-corrected chi connectivity index (χ1v) is 19.8. The summed E-state index contributed by atoms with van der Waals surface area (Å²) >= 11 is 2.78. The van der Waals surface area contributed by atoms with E-state index in [9.17, 15) is 9.59 Å². The van der Waals surface area contributed by atoms with Crippen molar-refractivity contribution in [2.45, 2.75) is 110 Å². The second kappa shape index (κ2) is 18.9. The fraction of sp³-hybridized carbons (Fsp3) is 0.381. The minimum atomic E-state index is -0.185. The van der Waals surface area contributed by atoms with E-state index in [1.165, 1.54) is 74.9 Å². The van der Waals surface area contributed by atoms with Crippen LogP contribution in [0.1, 0.15) is 123 Å². The summed E-state index contributed by atoms with van der Waals surface area (Å²) in [6.45, 7) is 5.76. The molecule has 1 aliphatic rings. The Hall–Kier alpha value is -3.88. The Balaban J connectivity index is 1.28. The summed E-state index contributed by atoms with van der Waals surface area (Å²) in [6.07, 6.45) is 14.4. The standard InChI is InChI=1S/C42H50N2O4S2/c1-3-5-7-9-11-13-25-47-29-21-23-35(33(43)27-29)49-37-19-15-17-31-39(37)42(46)40-32(41(31)45)18-16-20-38(40)50-36-24-22-30(28-34(36)44)48-26-14-12-10-8-6-4-2/h15-24,27-28H,3-14,25-26,43-44H2,1-2H3. The van der Waals surface area contributed by atoms with Crippen LogP contribution in [0.4, 0.5) is 11.4 Å². The van der Waals surface area contributed by atoms with Crippen molar-refractivity contribution in [3.63, 3.8) is 0 Å². The highest BCUT2D eigenvalue weighted by atomic mass is 32.2. The molecule has 0 saturated heterocycles. The molecule has 8 heteroatoms. The van der Waals surface area contributed by atoms with Crippen molar-refractivity contribution in [2.24, 2.45) is 0 Å². The molecule has 4 N–H and O–H groups in total. The molecule has 0 heterocycles. The quantitative estimate of drug-likeness (QED) is 0.0607. The molecule has 0 aromatic heterocycles. The number of anilines is 2. The first-order valence-electron chi connectivity index (χ1n) is 18.2. The molecule has 6 nitrogen and oxygen atoms in total. The summed E-state index contributed by atoms with van der Waals surface area (Å²) in [5.74, 6) is 1.11. The van der Waals surface area contributed by atoms with Crippen LogP contribution < -0.4 is 20.9 Å². The van der Waals surface area contributed by atoms with Gasteiger partial charge in [0.15, 0.2) is 11.6 Å². The Kier molecular flexibility index (Phi) is 14.1. The average molecular weight is 711 g/mol. The summed E-state index contributed by atoms with van der Waals surface area (Å²) < 4.78 is 11.9. The van der Waals surface area contributed by atoms with E-state index in [1.807, 2.05) is 60.7 Å². The van der Waals surface area contributed by atoms with Crippen molar-refractivity contribution >= 4 is 46.5 Å². The van der Waals surface area contributed by atoms with Gasteiger partial charge in [0.05, 0.1) is 13.2 Å². The fourth-order valence-electron chi connectivity index (χ4n) is 6.15. The summed E-state index contributed by atoms with van der Waals surface area (Å²) in [4.78, 5) is 31.1. The van der Waals surface area contributed by atoms with Crippen LogP contribution in [0.3, 0.4) is 0 Å². The number of ketones is 2. The third-order valence-corrected chi connectivity index (χ3v) is 11.2. The van der Waals surface area contributed by atoms with Gasteiger partial charge < -0.3 is 20.9 Å². The van der Waals surface area contributed by atoms with Gasteiger partial charge >= 0.3 is 0 Å². The van der Waals surface area contributed by atoms with E-state index in [1.54, 1.807) is 12.1 Å². The first-order chi connectivity index (χ1) is 24.4. The van der Waals surface area contributed by atoms with Gasteiger partial charge in [-0.25, -0.2) is 0 Å². The number of nitrogen functional groups attached to an aromatic ring is 2. The number of carbonyl (C=O) groups is 2. The lowest BCUT2D eigenvalue weighted by Gasteiger charge is -2.22. The minimum Gasteiger partial charge on any atom is -0.494 e. The van der Waals surface area contributed by atoms with Gasteiger partial charge in [-0.1, -0.05) is 126 Å². The van der Waals surface area contributed by atoms with Gasteiger partial charge in [-0.2, -0.15) is 0 Å². The molecule has 0 bridgehead atoms. The molecule has 264 valence electrons. The van der Waals surface area contributed by atoms with Crippen LogP contribution in [0.5, 0.6) is 11.5 Å². The fourth-order valence-corrected chi connectivity index (χ4v) is 8.15. The summed E-state index contributed by atoms with van der Waals surface area (Å²) in [5.41, 5.74) is 15.7. The molecule has 4 aromatic rings. The maximum atomic E-state index is 14.3. The molecule has 5 rings (SSSR count). The molecule has 0 unspecified atom stereocenters. The molecular formula is C42H50N2O4S2. The number of ether oxygens (including phenoxy) is 2. The maximum Gasteiger partial charge on any atom is 0.196 e. The van der Waals surface area contributed by atoms with E-state index in [2.05, 4.69) is 13.8 Å². The molecule has 4 aromatic carbocycles.